The number of amides is 1. The number of halogens is 1. The number of rotatable bonds is 3. The Labute approximate surface area is 130 Å². The second kappa shape index (κ2) is 6.60. The first-order valence-corrected chi connectivity index (χ1v) is 7.77. The largest absolute Gasteiger partial charge is 0.336 e. The van der Waals surface area contributed by atoms with Gasteiger partial charge in [0.2, 0.25) is 5.91 Å². The highest BCUT2D eigenvalue weighted by Gasteiger charge is 2.34. The van der Waals surface area contributed by atoms with Crippen LogP contribution in [-0.4, -0.2) is 61.0 Å². The SMILES string of the molecule is O=C(C=Cc1ccc(Cl)cc1)N1CC(N2CCNCC2)C1. The van der Waals surface area contributed by atoms with Gasteiger partial charge in [0.05, 0.1) is 0 Å². The zero-order valence-electron chi connectivity index (χ0n) is 12.0. The minimum absolute atomic E-state index is 0.0938. The van der Waals surface area contributed by atoms with Crippen molar-refractivity contribution in [1.82, 2.24) is 15.1 Å². The van der Waals surface area contributed by atoms with Crippen LogP contribution in [0.1, 0.15) is 5.56 Å². The van der Waals surface area contributed by atoms with Gasteiger partial charge in [-0.05, 0) is 23.8 Å². The fourth-order valence-electron chi connectivity index (χ4n) is 2.76. The standard InChI is InChI=1S/C16H20ClN3O/c17-14-4-1-13(2-5-14)3-6-16(21)20-11-15(12-20)19-9-7-18-8-10-19/h1-6,15,18H,7-12H2. The van der Waals surface area contributed by atoms with Gasteiger partial charge in [0.1, 0.15) is 0 Å². The van der Waals surface area contributed by atoms with Gasteiger partial charge in [0, 0.05) is 56.4 Å². The summed E-state index contributed by atoms with van der Waals surface area (Å²) in [6.07, 6.45) is 3.49. The van der Waals surface area contributed by atoms with Crippen LogP contribution in [0.3, 0.4) is 0 Å². The number of likely N-dealkylation sites (tertiary alicyclic amines) is 1. The number of hydrogen-bond donors (Lipinski definition) is 1. The topological polar surface area (TPSA) is 35.6 Å². The molecule has 1 aromatic rings. The molecule has 4 nitrogen and oxygen atoms in total. The summed E-state index contributed by atoms with van der Waals surface area (Å²) in [5, 5.41) is 4.06. The number of benzene rings is 1. The van der Waals surface area contributed by atoms with Crippen molar-refractivity contribution in [1.29, 1.82) is 0 Å². The molecule has 0 aromatic heterocycles. The van der Waals surface area contributed by atoms with Crippen molar-refractivity contribution in [2.45, 2.75) is 6.04 Å². The summed E-state index contributed by atoms with van der Waals surface area (Å²) in [5.41, 5.74) is 0.993. The monoisotopic (exact) mass is 305 g/mol. The molecule has 2 heterocycles. The Morgan fingerprint density at radius 1 is 1.19 bits per heavy atom. The predicted molar refractivity (Wildman–Crippen MR) is 85.3 cm³/mol. The maximum atomic E-state index is 12.1. The third kappa shape index (κ3) is 3.64. The van der Waals surface area contributed by atoms with E-state index in [9.17, 15) is 4.79 Å². The molecule has 2 fully saturated rings. The lowest BCUT2D eigenvalue weighted by Gasteiger charge is -2.46. The number of hydrogen-bond acceptors (Lipinski definition) is 3. The molecule has 0 unspecified atom stereocenters. The van der Waals surface area contributed by atoms with Crippen molar-refractivity contribution in [3.63, 3.8) is 0 Å². The smallest absolute Gasteiger partial charge is 0.246 e. The number of nitrogens with one attached hydrogen (secondary N) is 1. The van der Waals surface area contributed by atoms with E-state index >= 15 is 0 Å². The van der Waals surface area contributed by atoms with Gasteiger partial charge in [-0.3, -0.25) is 9.69 Å². The van der Waals surface area contributed by atoms with Crippen LogP contribution in [0.15, 0.2) is 30.3 Å². The highest BCUT2D eigenvalue weighted by Crippen LogP contribution is 2.16. The Morgan fingerprint density at radius 3 is 2.52 bits per heavy atom. The Kier molecular flexibility index (Phi) is 4.58. The number of nitrogens with zero attached hydrogens (tertiary/aromatic N) is 2. The summed E-state index contributed by atoms with van der Waals surface area (Å²) < 4.78 is 0. The quantitative estimate of drug-likeness (QED) is 0.859. The van der Waals surface area contributed by atoms with E-state index in [2.05, 4.69) is 10.2 Å². The Bertz CT molecular complexity index is 517. The molecule has 3 rings (SSSR count). The van der Waals surface area contributed by atoms with Crippen LogP contribution in [0.2, 0.25) is 5.02 Å². The van der Waals surface area contributed by atoms with Crippen LogP contribution >= 0.6 is 11.6 Å². The molecule has 0 radical (unpaired) electrons. The summed E-state index contributed by atoms with van der Waals surface area (Å²) in [6, 6.07) is 8.02. The average molecular weight is 306 g/mol. The number of piperazine rings is 1. The van der Waals surface area contributed by atoms with E-state index in [1.165, 1.54) is 0 Å². The third-order valence-corrected chi connectivity index (χ3v) is 4.38. The molecule has 5 heteroatoms. The van der Waals surface area contributed by atoms with E-state index in [0.29, 0.717) is 11.1 Å². The second-order valence-electron chi connectivity index (χ2n) is 5.57. The summed E-state index contributed by atoms with van der Waals surface area (Å²) in [7, 11) is 0. The maximum absolute atomic E-state index is 12.1. The van der Waals surface area contributed by atoms with Gasteiger partial charge < -0.3 is 10.2 Å². The summed E-state index contributed by atoms with van der Waals surface area (Å²) in [6.45, 7) is 6.00. The summed E-state index contributed by atoms with van der Waals surface area (Å²) in [4.78, 5) is 16.5. The first kappa shape index (κ1) is 14.6. The lowest BCUT2D eigenvalue weighted by atomic mass is 10.1. The minimum atomic E-state index is 0.0938. The van der Waals surface area contributed by atoms with Crippen LogP contribution in [-0.2, 0) is 4.79 Å². The van der Waals surface area contributed by atoms with Crippen molar-refractivity contribution in [2.24, 2.45) is 0 Å². The Hall–Kier alpha value is -1.36. The van der Waals surface area contributed by atoms with E-state index < -0.39 is 0 Å². The molecule has 1 amide bonds. The highest BCUT2D eigenvalue weighted by molar-refractivity contribution is 6.30. The molecule has 0 atom stereocenters. The van der Waals surface area contributed by atoms with Crippen LogP contribution in [0.4, 0.5) is 0 Å². The van der Waals surface area contributed by atoms with E-state index in [-0.39, 0.29) is 5.91 Å². The minimum Gasteiger partial charge on any atom is -0.336 e. The van der Waals surface area contributed by atoms with E-state index in [1.807, 2.05) is 35.2 Å². The maximum Gasteiger partial charge on any atom is 0.246 e. The lowest BCUT2D eigenvalue weighted by molar-refractivity contribution is -0.133. The van der Waals surface area contributed by atoms with Crippen molar-refractivity contribution >= 4 is 23.6 Å². The fraction of sp³-hybridized carbons (Fsp3) is 0.438. The van der Waals surface area contributed by atoms with Crippen molar-refractivity contribution in [3.8, 4) is 0 Å². The average Bonchev–Trinajstić information content (AvgIpc) is 2.46. The van der Waals surface area contributed by atoms with Gasteiger partial charge in [-0.2, -0.15) is 0 Å². The molecule has 0 spiro atoms. The van der Waals surface area contributed by atoms with E-state index in [1.54, 1.807) is 6.08 Å². The predicted octanol–water partition coefficient (Wildman–Crippen LogP) is 1.47. The molecule has 0 aliphatic carbocycles. The normalized spacial score (nSPS) is 20.7. The second-order valence-corrected chi connectivity index (χ2v) is 6.00. The van der Waals surface area contributed by atoms with Gasteiger partial charge in [0.25, 0.3) is 0 Å². The number of carbonyl (C=O) groups is 1. The molecule has 0 saturated carbocycles. The van der Waals surface area contributed by atoms with Crippen LogP contribution in [0, 0.1) is 0 Å². The lowest BCUT2D eigenvalue weighted by Crippen LogP contribution is -2.63. The molecule has 112 valence electrons. The molecule has 2 aliphatic heterocycles. The van der Waals surface area contributed by atoms with Crippen LogP contribution in [0.5, 0.6) is 0 Å². The molecule has 2 aliphatic rings. The van der Waals surface area contributed by atoms with Crippen LogP contribution < -0.4 is 5.32 Å². The molecule has 0 bridgehead atoms. The van der Waals surface area contributed by atoms with E-state index in [0.717, 1.165) is 44.8 Å². The molecular formula is C16H20ClN3O. The summed E-state index contributed by atoms with van der Waals surface area (Å²) >= 11 is 5.84. The van der Waals surface area contributed by atoms with Gasteiger partial charge in [-0.25, -0.2) is 0 Å². The zero-order valence-corrected chi connectivity index (χ0v) is 12.7. The molecule has 1 aromatic carbocycles. The zero-order chi connectivity index (χ0) is 14.7. The highest BCUT2D eigenvalue weighted by atomic mass is 35.5. The van der Waals surface area contributed by atoms with Gasteiger partial charge in [-0.15, -0.1) is 0 Å². The molecule has 2 saturated heterocycles. The first-order valence-electron chi connectivity index (χ1n) is 7.40. The molecule has 21 heavy (non-hydrogen) atoms. The molecule has 1 N–H and O–H groups in total. The fourth-order valence-corrected chi connectivity index (χ4v) is 2.89. The van der Waals surface area contributed by atoms with Crippen LogP contribution in [0.25, 0.3) is 6.08 Å². The first-order chi connectivity index (χ1) is 10.2. The van der Waals surface area contributed by atoms with Gasteiger partial charge >= 0.3 is 0 Å². The summed E-state index contributed by atoms with van der Waals surface area (Å²) in [5.74, 6) is 0.0938. The van der Waals surface area contributed by atoms with Gasteiger partial charge in [-0.1, -0.05) is 23.7 Å². The Morgan fingerprint density at radius 2 is 1.86 bits per heavy atom. The van der Waals surface area contributed by atoms with Crippen molar-refractivity contribution in [3.05, 3.63) is 40.9 Å². The van der Waals surface area contributed by atoms with Crippen molar-refractivity contribution < 1.29 is 4.79 Å². The third-order valence-electron chi connectivity index (χ3n) is 4.13. The molecular weight excluding hydrogens is 286 g/mol. The number of carbonyl (C=O) groups excluding carboxylic acids is 1. The van der Waals surface area contributed by atoms with Gasteiger partial charge in [0.15, 0.2) is 0 Å². The Balaban J connectivity index is 1.47. The van der Waals surface area contributed by atoms with E-state index in [4.69, 9.17) is 11.6 Å². The van der Waals surface area contributed by atoms with Crippen molar-refractivity contribution in [2.75, 3.05) is 39.3 Å².